The number of hydrogen-bond donors (Lipinski definition) is 0. The number of para-hydroxylation sites is 1. The van der Waals surface area contributed by atoms with Gasteiger partial charge in [-0.1, -0.05) is 90.6 Å². The van der Waals surface area contributed by atoms with Crippen LogP contribution in [0.5, 0.6) is 0 Å². The molecular weight excluding hydrogens is 480 g/mol. The molecule has 0 unspecified atom stereocenters. The Hall–Kier alpha value is -3.61. The number of aromatic nitrogens is 1. The Balaban J connectivity index is 0.00000289. The van der Waals surface area contributed by atoms with Crippen LogP contribution in [-0.2, 0) is 14.3 Å². The molecule has 5 rings (SSSR count). The van der Waals surface area contributed by atoms with Crippen molar-refractivity contribution < 1.29 is 14.3 Å². The molecule has 0 spiro atoms. The summed E-state index contributed by atoms with van der Waals surface area (Å²) in [5, 5.41) is 1.47. The Morgan fingerprint density at radius 3 is 2.29 bits per heavy atom. The lowest BCUT2D eigenvalue weighted by Crippen LogP contribution is -2.26. The zero-order valence-electron chi connectivity index (χ0n) is 19.0. The van der Waals surface area contributed by atoms with E-state index in [9.17, 15) is 9.59 Å². The first-order valence-electron chi connectivity index (χ1n) is 11.0. The molecule has 0 radical (unpaired) electrons. The third-order valence-corrected chi connectivity index (χ3v) is 6.53. The number of halogens is 1. The predicted octanol–water partition coefficient (Wildman–Crippen LogP) is 6.47. The van der Waals surface area contributed by atoms with Crippen LogP contribution in [0.3, 0.4) is 0 Å². The second kappa shape index (κ2) is 10.8. The molecule has 0 atom stereocenters. The van der Waals surface area contributed by atoms with E-state index in [1.54, 1.807) is 11.8 Å². The highest BCUT2D eigenvalue weighted by atomic mass is 35.5. The Labute approximate surface area is 214 Å². The molecule has 1 aromatic heterocycles. The van der Waals surface area contributed by atoms with Gasteiger partial charge >= 0.3 is 5.97 Å². The van der Waals surface area contributed by atoms with Crippen molar-refractivity contribution in [2.75, 3.05) is 17.3 Å². The summed E-state index contributed by atoms with van der Waals surface area (Å²) >= 11 is 1.33. The Kier molecular flexibility index (Phi) is 7.54. The van der Waals surface area contributed by atoms with E-state index in [1.807, 2.05) is 84.9 Å². The molecule has 35 heavy (non-hydrogen) atoms. The van der Waals surface area contributed by atoms with Gasteiger partial charge in [0.2, 0.25) is 5.91 Å². The second-order valence-electron chi connectivity index (χ2n) is 7.69. The SMILES string of the molecule is CCOC(=O)C=C1SCC(=O)N1c1c(-c2ccccc2)nc2ccccc2c1-c1ccccc1.Cl. The predicted molar refractivity (Wildman–Crippen MR) is 145 cm³/mol. The van der Waals surface area contributed by atoms with Crippen LogP contribution in [0.2, 0.25) is 0 Å². The van der Waals surface area contributed by atoms with E-state index in [0.717, 1.165) is 27.6 Å². The fourth-order valence-corrected chi connectivity index (χ4v) is 5.03. The maximum atomic E-state index is 13.3. The van der Waals surface area contributed by atoms with Crippen molar-refractivity contribution in [1.29, 1.82) is 0 Å². The maximum Gasteiger partial charge on any atom is 0.333 e. The number of benzene rings is 3. The summed E-state index contributed by atoms with van der Waals surface area (Å²) in [6.07, 6.45) is 1.40. The summed E-state index contributed by atoms with van der Waals surface area (Å²) in [7, 11) is 0. The van der Waals surface area contributed by atoms with Crippen molar-refractivity contribution in [2.45, 2.75) is 6.92 Å². The van der Waals surface area contributed by atoms with E-state index < -0.39 is 5.97 Å². The van der Waals surface area contributed by atoms with Gasteiger partial charge in [-0.15, -0.1) is 12.4 Å². The molecule has 0 bridgehead atoms. The molecule has 1 aliphatic rings. The number of carbonyl (C=O) groups is 2. The molecule has 5 nitrogen and oxygen atoms in total. The first-order chi connectivity index (χ1) is 16.7. The van der Waals surface area contributed by atoms with Gasteiger partial charge < -0.3 is 4.74 Å². The maximum absolute atomic E-state index is 13.3. The van der Waals surface area contributed by atoms with E-state index in [0.29, 0.717) is 16.4 Å². The Morgan fingerprint density at radius 1 is 0.971 bits per heavy atom. The number of hydrogen-bond acceptors (Lipinski definition) is 5. The summed E-state index contributed by atoms with van der Waals surface area (Å²) in [5.41, 5.74) is 4.94. The van der Waals surface area contributed by atoms with Gasteiger partial charge in [-0.25, -0.2) is 9.78 Å². The van der Waals surface area contributed by atoms with Gasteiger partial charge in [0.15, 0.2) is 0 Å². The average Bonchev–Trinajstić information content (AvgIpc) is 3.23. The Bertz CT molecular complexity index is 1410. The van der Waals surface area contributed by atoms with Crippen LogP contribution < -0.4 is 4.90 Å². The van der Waals surface area contributed by atoms with Crippen LogP contribution in [0.1, 0.15) is 6.92 Å². The van der Waals surface area contributed by atoms with Crippen molar-refractivity contribution in [3.8, 4) is 22.4 Å². The van der Waals surface area contributed by atoms with Crippen LogP contribution in [0.15, 0.2) is 96.0 Å². The van der Waals surface area contributed by atoms with Gasteiger partial charge in [-0.05, 0) is 18.6 Å². The lowest BCUT2D eigenvalue weighted by atomic mass is 9.95. The molecule has 176 valence electrons. The highest BCUT2D eigenvalue weighted by Gasteiger charge is 2.34. The molecule has 0 aliphatic carbocycles. The fourth-order valence-electron chi connectivity index (χ4n) is 4.13. The topological polar surface area (TPSA) is 59.5 Å². The van der Waals surface area contributed by atoms with E-state index >= 15 is 0 Å². The molecule has 1 aliphatic heterocycles. The monoisotopic (exact) mass is 502 g/mol. The Morgan fingerprint density at radius 2 is 1.60 bits per heavy atom. The number of esters is 1. The van der Waals surface area contributed by atoms with E-state index in [4.69, 9.17) is 9.72 Å². The standard InChI is InChI=1S/C28H22N2O3S.ClH/c1-2-33-25(32)17-24-30(23(31)18-34-24)28-26(19-11-5-3-6-12-19)21-15-9-10-16-22(21)29-27(28)20-13-7-4-8-14-20;/h3-17H,2,18H2,1H3;1H. The van der Waals surface area contributed by atoms with E-state index in [-0.39, 0.29) is 30.7 Å². The third kappa shape index (κ3) is 4.81. The summed E-state index contributed by atoms with van der Waals surface area (Å²) in [6.45, 7) is 2.03. The summed E-state index contributed by atoms with van der Waals surface area (Å²) in [4.78, 5) is 32.3. The minimum absolute atomic E-state index is 0. The number of carbonyl (C=O) groups excluding carboxylic acids is 2. The highest BCUT2D eigenvalue weighted by molar-refractivity contribution is 8.04. The summed E-state index contributed by atoms with van der Waals surface area (Å²) in [6, 6.07) is 27.7. The minimum atomic E-state index is -0.471. The smallest absolute Gasteiger partial charge is 0.333 e. The van der Waals surface area contributed by atoms with E-state index in [2.05, 4.69) is 0 Å². The van der Waals surface area contributed by atoms with Crippen LogP contribution in [-0.4, -0.2) is 29.2 Å². The first-order valence-corrected chi connectivity index (χ1v) is 12.0. The summed E-state index contributed by atoms with van der Waals surface area (Å²) < 4.78 is 5.14. The van der Waals surface area contributed by atoms with Gasteiger partial charge in [-0.3, -0.25) is 9.69 Å². The molecule has 0 N–H and O–H groups in total. The number of anilines is 1. The highest BCUT2D eigenvalue weighted by Crippen LogP contribution is 2.47. The molecule has 3 aromatic carbocycles. The number of nitrogens with zero attached hydrogens (tertiary/aromatic N) is 2. The number of ether oxygens (including phenoxy) is 1. The molecule has 1 amide bonds. The van der Waals surface area contributed by atoms with E-state index in [1.165, 1.54) is 17.8 Å². The largest absolute Gasteiger partial charge is 0.463 e. The number of thioether (sulfide) groups is 1. The van der Waals surface area contributed by atoms with Crippen molar-refractivity contribution in [3.05, 3.63) is 96.0 Å². The van der Waals surface area contributed by atoms with Gasteiger partial charge in [0.05, 0.1) is 40.4 Å². The molecule has 0 saturated carbocycles. The second-order valence-corrected chi connectivity index (χ2v) is 8.68. The number of pyridine rings is 1. The van der Waals surface area contributed by atoms with Crippen molar-refractivity contribution in [3.63, 3.8) is 0 Å². The van der Waals surface area contributed by atoms with Crippen LogP contribution in [0.4, 0.5) is 5.69 Å². The lowest BCUT2D eigenvalue weighted by Gasteiger charge is -2.25. The van der Waals surface area contributed by atoms with Crippen LogP contribution >= 0.6 is 24.2 Å². The molecule has 4 aromatic rings. The zero-order valence-corrected chi connectivity index (χ0v) is 20.6. The van der Waals surface area contributed by atoms with Gasteiger partial charge in [-0.2, -0.15) is 0 Å². The minimum Gasteiger partial charge on any atom is -0.463 e. The van der Waals surface area contributed by atoms with Crippen LogP contribution in [0.25, 0.3) is 33.3 Å². The zero-order chi connectivity index (χ0) is 23.5. The number of amides is 1. The third-order valence-electron chi connectivity index (χ3n) is 5.54. The molecule has 2 heterocycles. The fraction of sp³-hybridized carbons (Fsp3) is 0.107. The normalized spacial score (nSPS) is 14.3. The average molecular weight is 503 g/mol. The summed E-state index contributed by atoms with van der Waals surface area (Å²) in [5.74, 6) is -0.339. The first kappa shape index (κ1) is 24.5. The molecule has 1 saturated heterocycles. The number of rotatable bonds is 5. The van der Waals surface area contributed by atoms with Gasteiger partial charge in [0, 0.05) is 16.5 Å². The lowest BCUT2D eigenvalue weighted by molar-refractivity contribution is -0.137. The van der Waals surface area contributed by atoms with Crippen LogP contribution in [0, 0.1) is 0 Å². The van der Waals surface area contributed by atoms with Gasteiger partial charge in [0.1, 0.15) is 0 Å². The molecule has 1 fully saturated rings. The molecular formula is C28H23ClN2O3S. The van der Waals surface area contributed by atoms with Gasteiger partial charge in [0.25, 0.3) is 0 Å². The van der Waals surface area contributed by atoms with Crippen molar-refractivity contribution in [1.82, 2.24) is 4.98 Å². The quantitative estimate of drug-likeness (QED) is 0.231. The molecule has 7 heteroatoms. The number of fused-ring (bicyclic) bond motifs is 1. The van der Waals surface area contributed by atoms with Crippen molar-refractivity contribution in [2.24, 2.45) is 0 Å². The van der Waals surface area contributed by atoms with Crippen molar-refractivity contribution >= 4 is 52.6 Å².